The zero-order valence-electron chi connectivity index (χ0n) is 14.4. The number of hydrogen-bond acceptors (Lipinski definition) is 3. The number of esters is 1. The van der Waals surface area contributed by atoms with Crippen molar-refractivity contribution < 1.29 is 9.53 Å². The van der Waals surface area contributed by atoms with Crippen molar-refractivity contribution in [2.24, 2.45) is 0 Å². The van der Waals surface area contributed by atoms with Gasteiger partial charge in [-0.05, 0) is 35.0 Å². The highest BCUT2D eigenvalue weighted by Gasteiger charge is 2.19. The van der Waals surface area contributed by atoms with E-state index in [-0.39, 0.29) is 5.97 Å². The van der Waals surface area contributed by atoms with Crippen molar-refractivity contribution in [1.82, 2.24) is 4.98 Å². The van der Waals surface area contributed by atoms with E-state index in [4.69, 9.17) is 9.72 Å². The van der Waals surface area contributed by atoms with Gasteiger partial charge in [-0.1, -0.05) is 66.7 Å². The van der Waals surface area contributed by atoms with Gasteiger partial charge in [0.25, 0.3) is 0 Å². The highest BCUT2D eigenvalue weighted by molar-refractivity contribution is 6.22. The molecule has 0 aliphatic rings. The number of carbonyl (C=O) groups is 1. The van der Waals surface area contributed by atoms with Crippen LogP contribution >= 0.6 is 0 Å². The molecule has 0 N–H and O–H groups in total. The van der Waals surface area contributed by atoms with Crippen LogP contribution < -0.4 is 4.74 Å². The summed E-state index contributed by atoms with van der Waals surface area (Å²) in [4.78, 5) is 18.0. The van der Waals surface area contributed by atoms with Crippen LogP contribution in [0.1, 0.15) is 10.4 Å². The van der Waals surface area contributed by atoms with Gasteiger partial charge in [-0.15, -0.1) is 0 Å². The molecule has 0 atom stereocenters. The second-order valence-corrected chi connectivity index (χ2v) is 6.39. The predicted octanol–water partition coefficient (Wildman–Crippen LogP) is 5.76. The van der Waals surface area contributed by atoms with Crippen LogP contribution in [-0.4, -0.2) is 11.0 Å². The van der Waals surface area contributed by atoms with Gasteiger partial charge in [0.15, 0.2) is 0 Å². The first-order valence-electron chi connectivity index (χ1n) is 8.79. The molecular formula is C24H15NO2. The van der Waals surface area contributed by atoms with Crippen LogP contribution in [-0.2, 0) is 0 Å². The smallest absolute Gasteiger partial charge is 0.344 e. The summed E-state index contributed by atoms with van der Waals surface area (Å²) in [6, 6.07) is 28.8. The molecule has 1 heterocycles. The van der Waals surface area contributed by atoms with Crippen LogP contribution in [0.5, 0.6) is 5.75 Å². The molecule has 3 nitrogen and oxygen atoms in total. The van der Waals surface area contributed by atoms with Crippen molar-refractivity contribution in [3.63, 3.8) is 0 Å². The van der Waals surface area contributed by atoms with E-state index in [0.29, 0.717) is 11.3 Å². The maximum atomic E-state index is 13.2. The van der Waals surface area contributed by atoms with Gasteiger partial charge in [-0.25, -0.2) is 9.78 Å². The molecule has 0 saturated carbocycles. The molecule has 0 aliphatic heterocycles. The number of nitrogens with zero attached hydrogens (tertiary/aromatic N) is 1. The fraction of sp³-hybridized carbons (Fsp3) is 0. The van der Waals surface area contributed by atoms with Gasteiger partial charge >= 0.3 is 5.97 Å². The van der Waals surface area contributed by atoms with Gasteiger partial charge in [0.1, 0.15) is 5.75 Å². The Morgan fingerprint density at radius 3 is 2.22 bits per heavy atom. The van der Waals surface area contributed by atoms with Crippen LogP contribution in [0, 0.1) is 0 Å². The highest BCUT2D eigenvalue weighted by atomic mass is 16.5. The maximum absolute atomic E-state index is 13.2. The van der Waals surface area contributed by atoms with Crippen molar-refractivity contribution in [2.75, 3.05) is 0 Å². The molecule has 0 spiro atoms. The summed E-state index contributed by atoms with van der Waals surface area (Å²) in [5, 5.41) is 3.68. The van der Waals surface area contributed by atoms with E-state index in [1.807, 2.05) is 78.9 Å². The Kier molecular flexibility index (Phi) is 3.58. The van der Waals surface area contributed by atoms with E-state index in [0.717, 1.165) is 32.6 Å². The number of hydrogen-bond donors (Lipinski definition) is 0. The van der Waals surface area contributed by atoms with Gasteiger partial charge in [-0.3, -0.25) is 0 Å². The summed E-state index contributed by atoms with van der Waals surface area (Å²) < 4.78 is 5.70. The van der Waals surface area contributed by atoms with Gasteiger partial charge in [-0.2, -0.15) is 0 Å². The molecule has 5 aromatic rings. The number of ether oxygens (including phenoxy) is 1. The molecule has 0 radical (unpaired) electrons. The van der Waals surface area contributed by atoms with E-state index in [9.17, 15) is 4.79 Å². The zero-order valence-corrected chi connectivity index (χ0v) is 14.4. The Morgan fingerprint density at radius 1 is 0.667 bits per heavy atom. The summed E-state index contributed by atoms with van der Waals surface area (Å²) >= 11 is 0. The number of aromatic nitrogens is 1. The summed E-state index contributed by atoms with van der Waals surface area (Å²) in [5.41, 5.74) is 2.11. The summed E-state index contributed by atoms with van der Waals surface area (Å²) in [6.07, 6.45) is 0. The van der Waals surface area contributed by atoms with Gasteiger partial charge in [0.05, 0.1) is 16.6 Å². The van der Waals surface area contributed by atoms with Crippen molar-refractivity contribution in [1.29, 1.82) is 0 Å². The largest absolute Gasteiger partial charge is 0.423 e. The average Bonchev–Trinajstić information content (AvgIpc) is 2.72. The van der Waals surface area contributed by atoms with Crippen LogP contribution in [0.15, 0.2) is 91.0 Å². The first-order valence-corrected chi connectivity index (χ1v) is 8.79. The Morgan fingerprint density at radius 2 is 1.37 bits per heavy atom. The standard InChI is InChI=1S/C24H15NO2/c26-24(27-17-9-2-1-3-10-17)23-19-12-6-7-13-20(19)25-21-15-14-16-8-4-5-11-18(16)22(21)23/h1-15H. The number of fused-ring (bicyclic) bond motifs is 4. The van der Waals surface area contributed by atoms with E-state index < -0.39 is 0 Å². The Labute approximate surface area is 155 Å². The highest BCUT2D eigenvalue weighted by Crippen LogP contribution is 2.32. The molecule has 0 saturated heterocycles. The fourth-order valence-corrected chi connectivity index (χ4v) is 3.52. The molecule has 0 amide bonds. The van der Waals surface area contributed by atoms with Crippen molar-refractivity contribution in [3.05, 3.63) is 96.6 Å². The van der Waals surface area contributed by atoms with Crippen LogP contribution in [0.2, 0.25) is 0 Å². The minimum absolute atomic E-state index is 0.374. The SMILES string of the molecule is O=C(Oc1ccccc1)c1c2ccccc2nc2ccc3ccccc3c12. The molecule has 0 aliphatic carbocycles. The lowest BCUT2D eigenvalue weighted by molar-refractivity contribution is 0.0739. The minimum Gasteiger partial charge on any atom is -0.423 e. The lowest BCUT2D eigenvalue weighted by atomic mass is 9.97. The van der Waals surface area contributed by atoms with Crippen molar-refractivity contribution >= 4 is 38.5 Å². The molecule has 5 rings (SSSR count). The first kappa shape index (κ1) is 15.5. The van der Waals surface area contributed by atoms with Crippen molar-refractivity contribution in [2.45, 2.75) is 0 Å². The lowest BCUT2D eigenvalue weighted by Crippen LogP contribution is -2.10. The predicted molar refractivity (Wildman–Crippen MR) is 108 cm³/mol. The van der Waals surface area contributed by atoms with E-state index >= 15 is 0 Å². The molecule has 128 valence electrons. The number of pyridine rings is 1. The third-order valence-electron chi connectivity index (χ3n) is 4.73. The number of para-hydroxylation sites is 2. The van der Waals surface area contributed by atoms with Crippen molar-refractivity contribution in [3.8, 4) is 5.75 Å². The van der Waals surface area contributed by atoms with E-state index in [1.54, 1.807) is 12.1 Å². The molecule has 0 bridgehead atoms. The Balaban J connectivity index is 1.86. The van der Waals surface area contributed by atoms with E-state index in [2.05, 4.69) is 0 Å². The van der Waals surface area contributed by atoms with E-state index in [1.165, 1.54) is 0 Å². The summed E-state index contributed by atoms with van der Waals surface area (Å²) in [6.45, 7) is 0. The quantitative estimate of drug-likeness (QED) is 0.176. The first-order chi connectivity index (χ1) is 13.3. The number of carbonyl (C=O) groups excluding carboxylic acids is 1. The summed E-state index contributed by atoms with van der Waals surface area (Å²) in [5.74, 6) is 0.151. The normalized spacial score (nSPS) is 11.1. The molecule has 3 heteroatoms. The molecule has 0 fully saturated rings. The number of benzene rings is 4. The third kappa shape index (κ3) is 2.61. The topological polar surface area (TPSA) is 39.2 Å². The Bertz CT molecular complexity index is 1310. The number of rotatable bonds is 2. The zero-order chi connectivity index (χ0) is 18.2. The molecule has 4 aromatic carbocycles. The second-order valence-electron chi connectivity index (χ2n) is 6.39. The molecular weight excluding hydrogens is 334 g/mol. The average molecular weight is 349 g/mol. The summed E-state index contributed by atoms with van der Waals surface area (Å²) in [7, 11) is 0. The van der Waals surface area contributed by atoms with Gasteiger partial charge < -0.3 is 4.74 Å². The van der Waals surface area contributed by atoms with Crippen LogP contribution in [0.4, 0.5) is 0 Å². The van der Waals surface area contributed by atoms with Crippen LogP contribution in [0.25, 0.3) is 32.6 Å². The molecule has 1 aromatic heterocycles. The van der Waals surface area contributed by atoms with Gasteiger partial charge in [0.2, 0.25) is 0 Å². The van der Waals surface area contributed by atoms with Crippen LogP contribution in [0.3, 0.4) is 0 Å². The Hall–Kier alpha value is -3.72. The fourth-order valence-electron chi connectivity index (χ4n) is 3.52. The lowest BCUT2D eigenvalue weighted by Gasteiger charge is -2.12. The van der Waals surface area contributed by atoms with Gasteiger partial charge in [0, 0.05) is 10.8 Å². The third-order valence-corrected chi connectivity index (χ3v) is 4.73. The minimum atomic E-state index is -0.374. The maximum Gasteiger partial charge on any atom is 0.344 e. The monoisotopic (exact) mass is 349 g/mol. The molecule has 27 heavy (non-hydrogen) atoms. The molecule has 0 unspecified atom stereocenters. The second kappa shape index (κ2) is 6.22.